The second-order valence-corrected chi connectivity index (χ2v) is 6.04. The number of nitrogens with zero attached hydrogens (tertiary/aromatic N) is 2. The van der Waals surface area contributed by atoms with Gasteiger partial charge in [0.2, 0.25) is 0 Å². The van der Waals surface area contributed by atoms with Gasteiger partial charge < -0.3 is 9.47 Å². The Morgan fingerprint density at radius 2 is 1.30 bits per heavy atom. The van der Waals surface area contributed by atoms with E-state index in [4.69, 9.17) is 9.47 Å². The molecular formula is C23H22N2O2. The van der Waals surface area contributed by atoms with E-state index in [1.165, 1.54) is 0 Å². The maximum atomic E-state index is 5.25. The molecule has 0 bridgehead atoms. The van der Waals surface area contributed by atoms with E-state index in [-0.39, 0.29) is 0 Å². The van der Waals surface area contributed by atoms with E-state index in [9.17, 15) is 0 Å². The molecule has 0 aliphatic heterocycles. The Morgan fingerprint density at radius 1 is 0.704 bits per heavy atom. The fourth-order valence-corrected chi connectivity index (χ4v) is 2.55. The topological polar surface area (TPSA) is 43.2 Å². The molecule has 0 heterocycles. The van der Waals surface area contributed by atoms with Crippen molar-refractivity contribution in [3.63, 3.8) is 0 Å². The molecule has 0 aliphatic carbocycles. The Kier molecular flexibility index (Phi) is 6.00. The van der Waals surface area contributed by atoms with E-state index in [0.29, 0.717) is 0 Å². The summed E-state index contributed by atoms with van der Waals surface area (Å²) >= 11 is 0. The Labute approximate surface area is 159 Å². The van der Waals surface area contributed by atoms with Crippen molar-refractivity contribution in [3.8, 4) is 11.5 Å². The highest BCUT2D eigenvalue weighted by Gasteiger charge is 1.99. The molecule has 0 amide bonds. The van der Waals surface area contributed by atoms with E-state index in [0.717, 1.165) is 39.6 Å². The van der Waals surface area contributed by atoms with Crippen LogP contribution in [-0.4, -0.2) is 26.6 Å². The smallest absolute Gasteiger partial charge is 0.119 e. The van der Waals surface area contributed by atoms with Gasteiger partial charge in [0, 0.05) is 12.4 Å². The SMILES string of the molecule is COc1cccc(C=Nc2ccc(C)c(N=Cc3cccc(OC)c3)c2)c1. The van der Waals surface area contributed by atoms with Gasteiger partial charge in [-0.2, -0.15) is 0 Å². The van der Waals surface area contributed by atoms with Gasteiger partial charge in [-0.25, -0.2) is 0 Å². The van der Waals surface area contributed by atoms with Gasteiger partial charge in [-0.15, -0.1) is 0 Å². The van der Waals surface area contributed by atoms with Crippen molar-refractivity contribution in [1.29, 1.82) is 0 Å². The monoisotopic (exact) mass is 358 g/mol. The number of methoxy groups -OCH3 is 2. The van der Waals surface area contributed by atoms with Crippen molar-refractivity contribution >= 4 is 23.8 Å². The molecule has 0 radical (unpaired) electrons. The molecule has 0 atom stereocenters. The minimum atomic E-state index is 0.812. The molecule has 3 aromatic carbocycles. The van der Waals surface area contributed by atoms with Gasteiger partial charge in [0.1, 0.15) is 11.5 Å². The summed E-state index contributed by atoms with van der Waals surface area (Å²) < 4.78 is 10.5. The van der Waals surface area contributed by atoms with Gasteiger partial charge in [-0.1, -0.05) is 30.3 Å². The van der Waals surface area contributed by atoms with Crippen LogP contribution in [0, 0.1) is 6.92 Å². The predicted octanol–water partition coefficient (Wildman–Crippen LogP) is 5.51. The fraction of sp³-hybridized carbons (Fsp3) is 0.130. The average molecular weight is 358 g/mol. The molecule has 0 N–H and O–H groups in total. The molecular weight excluding hydrogens is 336 g/mol. The minimum Gasteiger partial charge on any atom is -0.497 e. The van der Waals surface area contributed by atoms with Crippen molar-refractivity contribution in [2.75, 3.05) is 14.2 Å². The van der Waals surface area contributed by atoms with E-state index in [1.807, 2.05) is 86.1 Å². The molecule has 27 heavy (non-hydrogen) atoms. The summed E-state index contributed by atoms with van der Waals surface area (Å²) in [5.41, 5.74) is 4.80. The molecule has 0 fully saturated rings. The van der Waals surface area contributed by atoms with Gasteiger partial charge in [-0.05, 0) is 60.0 Å². The van der Waals surface area contributed by atoms with Crippen LogP contribution >= 0.6 is 0 Å². The number of ether oxygens (including phenoxy) is 2. The number of hydrogen-bond donors (Lipinski definition) is 0. The highest BCUT2D eigenvalue weighted by molar-refractivity contribution is 5.84. The summed E-state index contributed by atoms with van der Waals surface area (Å²) in [6, 6.07) is 21.6. The van der Waals surface area contributed by atoms with Crippen LogP contribution in [0.2, 0.25) is 0 Å². The highest BCUT2D eigenvalue weighted by Crippen LogP contribution is 2.25. The summed E-state index contributed by atoms with van der Waals surface area (Å²) in [6.07, 6.45) is 3.66. The maximum absolute atomic E-state index is 5.25. The minimum absolute atomic E-state index is 0.812. The molecule has 3 rings (SSSR count). The predicted molar refractivity (Wildman–Crippen MR) is 112 cm³/mol. The molecule has 3 aromatic rings. The zero-order valence-electron chi connectivity index (χ0n) is 15.7. The summed E-state index contributed by atoms with van der Waals surface area (Å²) in [5, 5.41) is 0. The maximum Gasteiger partial charge on any atom is 0.119 e. The highest BCUT2D eigenvalue weighted by atomic mass is 16.5. The number of aliphatic imine (C=N–C) groups is 2. The van der Waals surface area contributed by atoms with E-state index in [1.54, 1.807) is 14.2 Å². The lowest BCUT2D eigenvalue weighted by Crippen LogP contribution is -1.86. The quantitative estimate of drug-likeness (QED) is 0.545. The molecule has 0 saturated heterocycles. The number of benzene rings is 3. The Morgan fingerprint density at radius 3 is 1.89 bits per heavy atom. The van der Waals surface area contributed by atoms with E-state index in [2.05, 4.69) is 9.98 Å². The molecule has 0 spiro atoms. The zero-order chi connectivity index (χ0) is 19.1. The van der Waals surface area contributed by atoms with Crippen molar-refractivity contribution < 1.29 is 9.47 Å². The normalized spacial score (nSPS) is 11.2. The first-order valence-electron chi connectivity index (χ1n) is 8.65. The van der Waals surface area contributed by atoms with Crippen molar-refractivity contribution in [2.24, 2.45) is 9.98 Å². The van der Waals surface area contributed by atoms with Crippen LogP contribution in [0.15, 0.2) is 76.7 Å². The largest absolute Gasteiger partial charge is 0.497 e. The first-order valence-corrected chi connectivity index (χ1v) is 8.65. The van der Waals surface area contributed by atoms with Crippen LogP contribution in [0.4, 0.5) is 11.4 Å². The lowest BCUT2D eigenvalue weighted by molar-refractivity contribution is 0.414. The van der Waals surface area contributed by atoms with Crippen LogP contribution in [0.3, 0.4) is 0 Å². The van der Waals surface area contributed by atoms with E-state index >= 15 is 0 Å². The molecule has 0 saturated carbocycles. The van der Waals surface area contributed by atoms with Crippen LogP contribution in [0.5, 0.6) is 11.5 Å². The molecule has 136 valence electrons. The Bertz CT molecular complexity index is 978. The number of aryl methyl sites for hydroxylation is 1. The second kappa shape index (κ2) is 8.81. The van der Waals surface area contributed by atoms with Crippen molar-refractivity contribution in [2.45, 2.75) is 6.92 Å². The summed E-state index contributed by atoms with van der Waals surface area (Å²) in [4.78, 5) is 9.18. The summed E-state index contributed by atoms with van der Waals surface area (Å²) in [5.74, 6) is 1.62. The summed E-state index contributed by atoms with van der Waals surface area (Å²) in [7, 11) is 3.31. The third kappa shape index (κ3) is 5.05. The molecule has 4 heteroatoms. The molecule has 0 unspecified atom stereocenters. The number of hydrogen-bond acceptors (Lipinski definition) is 4. The lowest BCUT2D eigenvalue weighted by atomic mass is 10.1. The van der Waals surface area contributed by atoms with Crippen LogP contribution in [0.25, 0.3) is 0 Å². The fourth-order valence-electron chi connectivity index (χ4n) is 2.55. The Hall–Kier alpha value is -3.40. The second-order valence-electron chi connectivity index (χ2n) is 6.04. The molecule has 0 aromatic heterocycles. The van der Waals surface area contributed by atoms with Crippen molar-refractivity contribution in [1.82, 2.24) is 0 Å². The third-order valence-corrected chi connectivity index (χ3v) is 4.10. The van der Waals surface area contributed by atoms with Gasteiger partial charge in [-0.3, -0.25) is 9.98 Å². The van der Waals surface area contributed by atoms with E-state index < -0.39 is 0 Å². The van der Waals surface area contributed by atoms with Gasteiger partial charge in [0.15, 0.2) is 0 Å². The average Bonchev–Trinajstić information content (AvgIpc) is 2.72. The van der Waals surface area contributed by atoms with Gasteiger partial charge >= 0.3 is 0 Å². The molecule has 0 aliphatic rings. The Balaban J connectivity index is 1.81. The van der Waals surface area contributed by atoms with Gasteiger partial charge in [0.25, 0.3) is 0 Å². The van der Waals surface area contributed by atoms with Crippen molar-refractivity contribution in [3.05, 3.63) is 83.4 Å². The first kappa shape index (κ1) is 18.4. The standard InChI is InChI=1S/C23H22N2O2/c1-17-10-11-20(24-15-18-6-4-8-21(12-18)26-2)14-23(17)25-16-19-7-5-9-22(13-19)27-3/h4-16H,1-3H3. The lowest BCUT2D eigenvalue weighted by Gasteiger charge is -2.03. The van der Waals surface area contributed by atoms with Crippen LogP contribution in [-0.2, 0) is 0 Å². The van der Waals surface area contributed by atoms with Crippen LogP contribution < -0.4 is 9.47 Å². The first-order chi connectivity index (χ1) is 13.2. The third-order valence-electron chi connectivity index (χ3n) is 4.10. The van der Waals surface area contributed by atoms with Crippen LogP contribution in [0.1, 0.15) is 16.7 Å². The van der Waals surface area contributed by atoms with Gasteiger partial charge in [0.05, 0.1) is 25.6 Å². The number of rotatable bonds is 6. The molecule has 4 nitrogen and oxygen atoms in total. The zero-order valence-corrected chi connectivity index (χ0v) is 15.7. The summed E-state index contributed by atoms with van der Waals surface area (Å²) in [6.45, 7) is 2.04.